The lowest BCUT2D eigenvalue weighted by atomic mass is 9.95. The molecule has 0 aromatic heterocycles. The molecule has 0 amide bonds. The van der Waals surface area contributed by atoms with Crippen molar-refractivity contribution in [3.63, 3.8) is 0 Å². The number of benzene rings is 1. The van der Waals surface area contributed by atoms with Gasteiger partial charge < -0.3 is 10.6 Å². The second-order valence-electron chi connectivity index (χ2n) is 6.53. The molecule has 1 saturated carbocycles. The Morgan fingerprint density at radius 2 is 1.89 bits per heavy atom. The van der Waals surface area contributed by atoms with Crippen molar-refractivity contribution in [2.45, 2.75) is 38.5 Å². The fourth-order valence-electron chi connectivity index (χ4n) is 2.75. The van der Waals surface area contributed by atoms with E-state index in [0.29, 0.717) is 32.0 Å². The number of guanidine groups is 1. The van der Waals surface area contributed by atoms with Crippen LogP contribution in [-0.2, 0) is 15.4 Å². The minimum atomic E-state index is -3.15. The first-order valence-corrected chi connectivity index (χ1v) is 10.8. The van der Waals surface area contributed by atoms with Gasteiger partial charge in [0.25, 0.3) is 0 Å². The van der Waals surface area contributed by atoms with Gasteiger partial charge >= 0.3 is 0 Å². The zero-order chi connectivity index (χ0) is 19.0. The summed E-state index contributed by atoms with van der Waals surface area (Å²) < 4.78 is 39.4. The van der Waals surface area contributed by atoms with E-state index < -0.39 is 10.0 Å². The molecular weight excluding hydrogens is 482 g/mol. The zero-order valence-electron chi connectivity index (χ0n) is 15.9. The van der Waals surface area contributed by atoms with E-state index in [-0.39, 0.29) is 41.0 Å². The maximum atomic E-state index is 14.1. The van der Waals surface area contributed by atoms with Crippen LogP contribution < -0.4 is 15.4 Å². The summed E-state index contributed by atoms with van der Waals surface area (Å²) in [6.07, 6.45) is 2.54. The molecule has 0 aliphatic heterocycles. The molecule has 6 nitrogen and oxygen atoms in total. The van der Waals surface area contributed by atoms with E-state index in [1.165, 1.54) is 6.07 Å². The highest BCUT2D eigenvalue weighted by atomic mass is 127. The van der Waals surface area contributed by atoms with Crippen LogP contribution in [0.25, 0.3) is 0 Å². The summed E-state index contributed by atoms with van der Waals surface area (Å²) >= 11 is 0. The number of rotatable bonds is 10. The quantitative estimate of drug-likeness (QED) is 0.195. The second kappa shape index (κ2) is 11.2. The molecule has 3 N–H and O–H groups in total. The highest BCUT2D eigenvalue weighted by Crippen LogP contribution is 2.49. The van der Waals surface area contributed by atoms with Gasteiger partial charge in [0.05, 0.1) is 12.3 Å². The maximum Gasteiger partial charge on any atom is 0.211 e. The lowest BCUT2D eigenvalue weighted by Crippen LogP contribution is -2.39. The topological polar surface area (TPSA) is 82.6 Å². The number of nitrogens with zero attached hydrogens (tertiary/aromatic N) is 1. The third kappa shape index (κ3) is 7.53. The van der Waals surface area contributed by atoms with Crippen molar-refractivity contribution in [2.24, 2.45) is 4.99 Å². The Balaban J connectivity index is 0.00000364. The van der Waals surface area contributed by atoms with Crippen molar-refractivity contribution < 1.29 is 12.8 Å². The first-order chi connectivity index (χ1) is 12.4. The molecule has 154 valence electrons. The van der Waals surface area contributed by atoms with Crippen LogP contribution in [0.3, 0.4) is 0 Å². The lowest BCUT2D eigenvalue weighted by molar-refractivity contribution is 0.571. The predicted molar refractivity (Wildman–Crippen MR) is 119 cm³/mol. The molecule has 9 heteroatoms. The molecule has 0 unspecified atom stereocenters. The Morgan fingerprint density at radius 3 is 2.48 bits per heavy atom. The van der Waals surface area contributed by atoms with Crippen molar-refractivity contribution in [2.75, 3.05) is 31.9 Å². The smallest absolute Gasteiger partial charge is 0.211 e. The van der Waals surface area contributed by atoms with E-state index in [1.807, 2.05) is 19.1 Å². The molecule has 1 aromatic carbocycles. The van der Waals surface area contributed by atoms with Gasteiger partial charge in [-0.3, -0.25) is 4.99 Å². The van der Waals surface area contributed by atoms with Gasteiger partial charge in [0, 0.05) is 25.0 Å². The van der Waals surface area contributed by atoms with Gasteiger partial charge in [-0.25, -0.2) is 17.5 Å². The highest BCUT2D eigenvalue weighted by molar-refractivity contribution is 14.0. The van der Waals surface area contributed by atoms with E-state index in [1.54, 1.807) is 13.0 Å². The Morgan fingerprint density at radius 1 is 1.19 bits per heavy atom. The van der Waals surface area contributed by atoms with Crippen LogP contribution in [0.2, 0.25) is 0 Å². The van der Waals surface area contributed by atoms with Gasteiger partial charge in [-0.2, -0.15) is 0 Å². The van der Waals surface area contributed by atoms with Crippen molar-refractivity contribution in [1.29, 1.82) is 0 Å². The first kappa shape index (κ1) is 24.1. The number of aliphatic imine (C=N–C) groups is 1. The molecule has 0 spiro atoms. The lowest BCUT2D eigenvalue weighted by Gasteiger charge is -2.16. The number of hydrogen-bond acceptors (Lipinski definition) is 3. The average molecular weight is 512 g/mol. The normalized spacial score (nSPS) is 15.7. The summed E-state index contributed by atoms with van der Waals surface area (Å²) in [5.41, 5.74) is 0.554. The summed E-state index contributed by atoms with van der Waals surface area (Å²) in [7, 11) is -3.15. The van der Waals surface area contributed by atoms with Gasteiger partial charge in [-0.15, -0.1) is 24.0 Å². The fourth-order valence-corrected chi connectivity index (χ4v) is 3.41. The molecule has 1 fully saturated rings. The van der Waals surface area contributed by atoms with Crippen LogP contribution in [0.1, 0.15) is 38.7 Å². The van der Waals surface area contributed by atoms with Gasteiger partial charge in [-0.05, 0) is 44.7 Å². The molecule has 27 heavy (non-hydrogen) atoms. The average Bonchev–Trinajstić information content (AvgIpc) is 3.40. The van der Waals surface area contributed by atoms with Gasteiger partial charge in [0.2, 0.25) is 10.0 Å². The van der Waals surface area contributed by atoms with E-state index >= 15 is 0 Å². The van der Waals surface area contributed by atoms with E-state index in [4.69, 9.17) is 0 Å². The number of nitrogens with one attached hydrogen (secondary N) is 3. The minimum Gasteiger partial charge on any atom is -0.357 e. The minimum absolute atomic E-state index is 0. The molecule has 0 atom stereocenters. The maximum absolute atomic E-state index is 14.1. The fraction of sp³-hybridized carbons (Fsp3) is 0.611. The third-order valence-corrected chi connectivity index (χ3v) is 5.93. The Kier molecular flexibility index (Phi) is 9.96. The Hall–Kier alpha value is -0.940. The molecule has 1 aliphatic rings. The first-order valence-electron chi connectivity index (χ1n) is 9.17. The molecule has 0 saturated heterocycles. The van der Waals surface area contributed by atoms with Crippen LogP contribution in [0, 0.1) is 5.82 Å². The molecule has 1 aromatic rings. The Labute approximate surface area is 178 Å². The SMILES string of the molecule is CCNC(=NCC1(c2ccccc2F)CC1)NCCCNS(=O)(=O)CC.I. The van der Waals surface area contributed by atoms with Crippen molar-refractivity contribution in [3.8, 4) is 0 Å². The van der Waals surface area contributed by atoms with Gasteiger partial charge in [0.1, 0.15) is 5.82 Å². The summed E-state index contributed by atoms with van der Waals surface area (Å²) in [6.45, 7) is 5.84. The van der Waals surface area contributed by atoms with Crippen molar-refractivity contribution in [3.05, 3.63) is 35.6 Å². The molecule has 0 bridgehead atoms. The predicted octanol–water partition coefficient (Wildman–Crippen LogP) is 2.36. The standard InChI is InChI=1S/C18H29FN4O2S.HI/c1-3-20-17(21-12-7-13-23-26(24,25)4-2)22-14-18(10-11-18)15-8-5-6-9-16(15)19;/h5-6,8-9,23H,3-4,7,10-14H2,1-2H3,(H2,20,21,22);1H. The summed E-state index contributed by atoms with van der Waals surface area (Å²) in [4.78, 5) is 4.62. The molecule has 0 radical (unpaired) electrons. The largest absolute Gasteiger partial charge is 0.357 e. The summed E-state index contributed by atoms with van der Waals surface area (Å²) in [5.74, 6) is 0.595. The van der Waals surface area contributed by atoms with Crippen LogP contribution in [0.4, 0.5) is 4.39 Å². The van der Waals surface area contributed by atoms with Crippen LogP contribution in [0.15, 0.2) is 29.3 Å². The van der Waals surface area contributed by atoms with Crippen LogP contribution in [0.5, 0.6) is 0 Å². The molecule has 2 rings (SSSR count). The number of sulfonamides is 1. The number of halogens is 2. The summed E-state index contributed by atoms with van der Waals surface area (Å²) in [6, 6.07) is 6.91. The van der Waals surface area contributed by atoms with E-state index in [2.05, 4.69) is 20.3 Å². The molecule has 1 aliphatic carbocycles. The van der Waals surface area contributed by atoms with Crippen LogP contribution in [-0.4, -0.2) is 46.3 Å². The Bertz CT molecular complexity index is 724. The highest BCUT2D eigenvalue weighted by Gasteiger charge is 2.45. The molecular formula is C18H30FIN4O2S. The van der Waals surface area contributed by atoms with E-state index in [9.17, 15) is 12.8 Å². The van der Waals surface area contributed by atoms with Crippen molar-refractivity contribution in [1.82, 2.24) is 15.4 Å². The van der Waals surface area contributed by atoms with Crippen molar-refractivity contribution >= 4 is 40.0 Å². The summed E-state index contributed by atoms with van der Waals surface area (Å²) in [5, 5.41) is 6.38. The third-order valence-electron chi connectivity index (χ3n) is 4.53. The zero-order valence-corrected chi connectivity index (χ0v) is 19.1. The van der Waals surface area contributed by atoms with Gasteiger partial charge in [-0.1, -0.05) is 18.2 Å². The second-order valence-corrected chi connectivity index (χ2v) is 8.63. The van der Waals surface area contributed by atoms with E-state index in [0.717, 1.165) is 24.9 Å². The number of hydrogen-bond donors (Lipinski definition) is 3. The monoisotopic (exact) mass is 512 g/mol. The molecule has 0 heterocycles. The van der Waals surface area contributed by atoms with Crippen LogP contribution >= 0.6 is 24.0 Å². The van der Waals surface area contributed by atoms with Gasteiger partial charge in [0.15, 0.2) is 5.96 Å².